The summed E-state index contributed by atoms with van der Waals surface area (Å²) < 4.78 is 5.26. The third-order valence-corrected chi connectivity index (χ3v) is 5.74. The van der Waals surface area contributed by atoms with Gasteiger partial charge in [-0.1, -0.05) is 49.2 Å². The van der Waals surface area contributed by atoms with Crippen LogP contribution in [0.1, 0.15) is 52.8 Å². The molecule has 3 rings (SSSR count). The molecule has 2 aromatic rings. The van der Waals surface area contributed by atoms with Crippen molar-refractivity contribution in [1.82, 2.24) is 5.32 Å². The Morgan fingerprint density at radius 1 is 1.00 bits per heavy atom. The molecule has 0 radical (unpaired) electrons. The van der Waals surface area contributed by atoms with Gasteiger partial charge in [-0.25, -0.2) is 4.79 Å². The van der Waals surface area contributed by atoms with Gasteiger partial charge in [0.05, 0.1) is 5.56 Å². The van der Waals surface area contributed by atoms with Gasteiger partial charge >= 0.3 is 5.97 Å². The summed E-state index contributed by atoms with van der Waals surface area (Å²) in [5.41, 5.74) is 1.97. The first kappa shape index (κ1) is 20.1. The lowest BCUT2D eigenvalue weighted by molar-refractivity contribution is 0.0697. The van der Waals surface area contributed by atoms with E-state index < -0.39 is 5.97 Å². The zero-order valence-electron chi connectivity index (χ0n) is 16.2. The van der Waals surface area contributed by atoms with Crippen LogP contribution in [0.3, 0.4) is 0 Å². The molecule has 5 nitrogen and oxygen atoms in total. The molecule has 1 saturated carbocycles. The molecule has 2 N–H and O–H groups in total. The van der Waals surface area contributed by atoms with Crippen molar-refractivity contribution in [3.63, 3.8) is 0 Å². The van der Waals surface area contributed by atoms with Crippen LogP contribution in [0.25, 0.3) is 11.1 Å². The molecule has 0 atom stereocenters. The van der Waals surface area contributed by atoms with E-state index in [0.717, 1.165) is 19.3 Å². The molecule has 1 fully saturated rings. The van der Waals surface area contributed by atoms with Gasteiger partial charge in [0.2, 0.25) is 0 Å². The predicted molar refractivity (Wildman–Crippen MR) is 109 cm³/mol. The Balaban J connectivity index is 1.83. The maximum absolute atomic E-state index is 13.0. The number of aromatic carboxylic acids is 1. The number of rotatable bonds is 8. The molecule has 1 amide bonds. The average Bonchev–Trinajstić information content (AvgIpc) is 3.19. The zero-order chi connectivity index (χ0) is 20.0. The van der Waals surface area contributed by atoms with Gasteiger partial charge in [0, 0.05) is 25.8 Å². The second-order valence-corrected chi connectivity index (χ2v) is 7.53. The van der Waals surface area contributed by atoms with Gasteiger partial charge in [0.15, 0.2) is 0 Å². The number of hydrogen-bond donors (Lipinski definition) is 2. The number of amides is 1. The Hall–Kier alpha value is -2.66. The van der Waals surface area contributed by atoms with Crippen LogP contribution in [0.15, 0.2) is 48.5 Å². The number of carbonyl (C=O) groups excluding carboxylic acids is 1. The molecular formula is C23H27NO4. The Morgan fingerprint density at radius 2 is 1.57 bits per heavy atom. The van der Waals surface area contributed by atoms with Crippen molar-refractivity contribution in [2.24, 2.45) is 5.41 Å². The van der Waals surface area contributed by atoms with E-state index in [1.54, 1.807) is 49.6 Å². The van der Waals surface area contributed by atoms with E-state index in [-0.39, 0.29) is 16.9 Å². The fraction of sp³-hybridized carbons (Fsp3) is 0.391. The van der Waals surface area contributed by atoms with Gasteiger partial charge in [-0.05, 0) is 47.9 Å². The van der Waals surface area contributed by atoms with Gasteiger partial charge < -0.3 is 15.2 Å². The lowest BCUT2D eigenvalue weighted by Gasteiger charge is -2.29. The summed E-state index contributed by atoms with van der Waals surface area (Å²) in [4.78, 5) is 24.6. The lowest BCUT2D eigenvalue weighted by Crippen LogP contribution is -2.37. The van der Waals surface area contributed by atoms with Gasteiger partial charge in [-0.15, -0.1) is 0 Å². The summed E-state index contributed by atoms with van der Waals surface area (Å²) >= 11 is 0. The number of benzene rings is 2. The molecule has 0 saturated heterocycles. The molecule has 0 bridgehead atoms. The zero-order valence-corrected chi connectivity index (χ0v) is 16.2. The summed E-state index contributed by atoms with van der Waals surface area (Å²) in [6.07, 6.45) is 5.50. The van der Waals surface area contributed by atoms with Crippen molar-refractivity contribution in [3.05, 3.63) is 59.7 Å². The van der Waals surface area contributed by atoms with Crippen LogP contribution in [-0.4, -0.2) is 37.2 Å². The Bertz CT molecular complexity index is 840. The summed E-state index contributed by atoms with van der Waals surface area (Å²) in [7, 11) is 1.71. The van der Waals surface area contributed by atoms with E-state index in [4.69, 9.17) is 4.74 Å². The third kappa shape index (κ3) is 4.42. The van der Waals surface area contributed by atoms with E-state index >= 15 is 0 Å². The molecule has 0 spiro atoms. The number of hydrogen-bond acceptors (Lipinski definition) is 3. The largest absolute Gasteiger partial charge is 0.478 e. The van der Waals surface area contributed by atoms with Crippen molar-refractivity contribution < 1.29 is 19.4 Å². The SMILES string of the molecule is COCCC1(CNC(=O)c2ccccc2-c2ccccc2C(=O)O)CCCC1. The van der Waals surface area contributed by atoms with Crippen LogP contribution in [0.5, 0.6) is 0 Å². The van der Waals surface area contributed by atoms with Gasteiger partial charge in [-0.3, -0.25) is 4.79 Å². The first-order valence-electron chi connectivity index (χ1n) is 9.75. The van der Waals surface area contributed by atoms with E-state index in [1.165, 1.54) is 12.8 Å². The second kappa shape index (κ2) is 9.02. The van der Waals surface area contributed by atoms with E-state index in [2.05, 4.69) is 5.32 Å². The second-order valence-electron chi connectivity index (χ2n) is 7.53. The Kier molecular flexibility index (Phi) is 6.47. The van der Waals surface area contributed by atoms with Crippen molar-refractivity contribution in [2.75, 3.05) is 20.3 Å². The lowest BCUT2D eigenvalue weighted by atomic mass is 9.82. The van der Waals surface area contributed by atoms with Crippen LogP contribution in [0.2, 0.25) is 0 Å². The van der Waals surface area contributed by atoms with Crippen LogP contribution in [0, 0.1) is 5.41 Å². The van der Waals surface area contributed by atoms with Crippen molar-refractivity contribution >= 4 is 11.9 Å². The highest BCUT2D eigenvalue weighted by Crippen LogP contribution is 2.40. The first-order valence-corrected chi connectivity index (χ1v) is 9.75. The molecule has 0 unspecified atom stereocenters. The minimum atomic E-state index is -1.00. The number of methoxy groups -OCH3 is 1. The highest BCUT2D eigenvalue weighted by Gasteiger charge is 2.34. The minimum Gasteiger partial charge on any atom is -0.478 e. The molecule has 1 aliphatic carbocycles. The molecule has 148 valence electrons. The fourth-order valence-corrected chi connectivity index (χ4v) is 4.14. The molecule has 2 aromatic carbocycles. The Morgan fingerprint density at radius 3 is 2.18 bits per heavy atom. The standard InChI is InChI=1S/C23H27NO4/c1-28-15-14-23(12-6-7-13-23)16-24-21(25)19-10-4-2-8-17(19)18-9-3-5-11-20(18)22(26)27/h2-5,8-11H,6-7,12-16H2,1H3,(H,24,25)(H,26,27). The van der Waals surface area contributed by atoms with E-state index in [9.17, 15) is 14.7 Å². The van der Waals surface area contributed by atoms with Gasteiger partial charge in [0.25, 0.3) is 5.91 Å². The number of carboxylic acid groups (broad SMARTS) is 1. The maximum atomic E-state index is 13.0. The van der Waals surface area contributed by atoms with Crippen LogP contribution in [0.4, 0.5) is 0 Å². The molecule has 28 heavy (non-hydrogen) atoms. The first-order chi connectivity index (χ1) is 13.6. The van der Waals surface area contributed by atoms with E-state index in [0.29, 0.717) is 29.8 Å². The monoisotopic (exact) mass is 381 g/mol. The van der Waals surface area contributed by atoms with Crippen molar-refractivity contribution in [2.45, 2.75) is 32.1 Å². The quantitative estimate of drug-likeness (QED) is 0.712. The highest BCUT2D eigenvalue weighted by molar-refractivity contribution is 6.04. The number of ether oxygens (including phenoxy) is 1. The minimum absolute atomic E-state index is 0.0968. The van der Waals surface area contributed by atoms with Crippen LogP contribution in [-0.2, 0) is 4.74 Å². The molecular weight excluding hydrogens is 354 g/mol. The molecule has 5 heteroatoms. The maximum Gasteiger partial charge on any atom is 0.336 e. The summed E-state index contributed by atoms with van der Waals surface area (Å²) in [6.45, 7) is 1.31. The molecule has 0 heterocycles. The van der Waals surface area contributed by atoms with Crippen molar-refractivity contribution in [1.29, 1.82) is 0 Å². The number of carboxylic acids is 1. The van der Waals surface area contributed by atoms with Crippen molar-refractivity contribution in [3.8, 4) is 11.1 Å². The Labute approximate surface area is 165 Å². The average molecular weight is 381 g/mol. The van der Waals surface area contributed by atoms with Gasteiger partial charge in [-0.2, -0.15) is 0 Å². The topological polar surface area (TPSA) is 75.6 Å². The normalized spacial score (nSPS) is 15.3. The molecule has 1 aliphatic rings. The van der Waals surface area contributed by atoms with Crippen LogP contribution >= 0.6 is 0 Å². The van der Waals surface area contributed by atoms with Gasteiger partial charge in [0.1, 0.15) is 0 Å². The summed E-state index contributed by atoms with van der Waals surface area (Å²) in [5, 5.41) is 12.6. The van der Waals surface area contributed by atoms with E-state index in [1.807, 2.05) is 6.07 Å². The highest BCUT2D eigenvalue weighted by atomic mass is 16.5. The molecule has 0 aromatic heterocycles. The smallest absolute Gasteiger partial charge is 0.336 e. The number of carbonyl (C=O) groups is 2. The fourth-order valence-electron chi connectivity index (χ4n) is 4.14. The van der Waals surface area contributed by atoms with Crippen LogP contribution < -0.4 is 5.32 Å². The third-order valence-electron chi connectivity index (χ3n) is 5.74. The number of nitrogens with one attached hydrogen (secondary N) is 1. The summed E-state index contributed by atoms with van der Waals surface area (Å²) in [6, 6.07) is 14.0. The summed E-state index contributed by atoms with van der Waals surface area (Å²) in [5.74, 6) is -1.17. The molecule has 0 aliphatic heterocycles. The predicted octanol–water partition coefficient (Wildman–Crippen LogP) is 4.38.